The maximum absolute atomic E-state index is 12.1. The molecule has 4 heteroatoms. The van der Waals surface area contributed by atoms with Gasteiger partial charge in [-0.15, -0.1) is 0 Å². The predicted molar refractivity (Wildman–Crippen MR) is 84.5 cm³/mol. The molecule has 2 aliphatic rings. The molecule has 3 atom stereocenters. The van der Waals surface area contributed by atoms with E-state index >= 15 is 0 Å². The highest BCUT2D eigenvalue weighted by atomic mass is 32.1. The number of hydrogen-bond donors (Lipinski definition) is 2. The minimum absolute atomic E-state index is 0.130. The standard InChI is InChI=1S/C16H20N2OS/c17-16(20)11-3-5-14(6-4-11)18-15(19)9-13-8-10-1-2-12(13)7-10/h3-6,10,12-13H,1-2,7-9H2,(H2,17,20)(H,18,19). The second-order valence-electron chi connectivity index (χ2n) is 6.13. The van der Waals surface area contributed by atoms with Crippen LogP contribution in [0.2, 0.25) is 0 Å². The summed E-state index contributed by atoms with van der Waals surface area (Å²) in [5.74, 6) is 2.42. The Hall–Kier alpha value is -1.42. The van der Waals surface area contributed by atoms with Gasteiger partial charge in [0.15, 0.2) is 0 Å². The van der Waals surface area contributed by atoms with Gasteiger partial charge in [0.05, 0.1) is 0 Å². The monoisotopic (exact) mass is 288 g/mol. The van der Waals surface area contributed by atoms with Crippen LogP contribution in [0.15, 0.2) is 24.3 Å². The van der Waals surface area contributed by atoms with E-state index in [1.165, 1.54) is 25.7 Å². The van der Waals surface area contributed by atoms with Gasteiger partial charge in [0.2, 0.25) is 5.91 Å². The molecule has 3 unspecified atom stereocenters. The molecule has 2 aliphatic carbocycles. The van der Waals surface area contributed by atoms with Gasteiger partial charge < -0.3 is 11.1 Å². The van der Waals surface area contributed by atoms with Crippen molar-refractivity contribution >= 4 is 28.8 Å². The lowest BCUT2D eigenvalue weighted by molar-refractivity contribution is -0.117. The fourth-order valence-electron chi connectivity index (χ4n) is 3.79. The van der Waals surface area contributed by atoms with E-state index < -0.39 is 0 Å². The van der Waals surface area contributed by atoms with Crippen LogP contribution in [-0.2, 0) is 4.79 Å². The minimum Gasteiger partial charge on any atom is -0.389 e. The van der Waals surface area contributed by atoms with Crippen LogP contribution in [0.4, 0.5) is 5.69 Å². The van der Waals surface area contributed by atoms with Gasteiger partial charge in [0.25, 0.3) is 0 Å². The summed E-state index contributed by atoms with van der Waals surface area (Å²) < 4.78 is 0. The summed E-state index contributed by atoms with van der Waals surface area (Å²) in [5, 5.41) is 2.97. The van der Waals surface area contributed by atoms with Crippen LogP contribution in [0.25, 0.3) is 0 Å². The normalized spacial score (nSPS) is 27.5. The SMILES string of the molecule is NC(=S)c1ccc(NC(=O)CC2CC3CCC2C3)cc1. The number of rotatable bonds is 4. The Morgan fingerprint density at radius 1 is 1.25 bits per heavy atom. The molecule has 0 spiro atoms. The Morgan fingerprint density at radius 2 is 2.00 bits per heavy atom. The van der Waals surface area contributed by atoms with Crippen molar-refractivity contribution in [3.8, 4) is 0 Å². The molecule has 106 valence electrons. The van der Waals surface area contributed by atoms with Crippen LogP contribution in [-0.4, -0.2) is 10.9 Å². The summed E-state index contributed by atoms with van der Waals surface area (Å²) in [6.07, 6.45) is 5.96. The van der Waals surface area contributed by atoms with Gasteiger partial charge in [-0.1, -0.05) is 18.6 Å². The summed E-state index contributed by atoms with van der Waals surface area (Å²) in [6, 6.07) is 7.39. The Bertz CT molecular complexity index is 526. The second kappa shape index (κ2) is 5.52. The maximum Gasteiger partial charge on any atom is 0.224 e. The van der Waals surface area contributed by atoms with E-state index in [9.17, 15) is 4.79 Å². The van der Waals surface area contributed by atoms with E-state index in [1.54, 1.807) is 0 Å². The zero-order valence-corrected chi connectivity index (χ0v) is 12.3. The fourth-order valence-corrected chi connectivity index (χ4v) is 3.93. The fraction of sp³-hybridized carbons (Fsp3) is 0.500. The molecule has 1 amide bonds. The highest BCUT2D eigenvalue weighted by Crippen LogP contribution is 2.49. The first-order valence-corrected chi connectivity index (χ1v) is 7.72. The summed E-state index contributed by atoms with van der Waals surface area (Å²) >= 11 is 4.91. The summed E-state index contributed by atoms with van der Waals surface area (Å²) in [6.45, 7) is 0. The molecular formula is C16H20N2OS. The Balaban J connectivity index is 1.55. The molecule has 0 heterocycles. The molecule has 2 fully saturated rings. The molecule has 3 nitrogen and oxygen atoms in total. The highest BCUT2D eigenvalue weighted by molar-refractivity contribution is 7.80. The van der Waals surface area contributed by atoms with Crippen LogP contribution < -0.4 is 11.1 Å². The molecule has 0 radical (unpaired) electrons. The largest absolute Gasteiger partial charge is 0.389 e. The lowest BCUT2D eigenvalue weighted by atomic mass is 9.86. The van der Waals surface area contributed by atoms with E-state index in [1.807, 2.05) is 24.3 Å². The number of amides is 1. The van der Waals surface area contributed by atoms with Gasteiger partial charge in [0.1, 0.15) is 4.99 Å². The molecule has 2 bridgehead atoms. The molecule has 3 rings (SSSR count). The third kappa shape index (κ3) is 2.85. The zero-order chi connectivity index (χ0) is 14.1. The Kier molecular flexibility index (Phi) is 3.74. The molecule has 0 aliphatic heterocycles. The van der Waals surface area contributed by atoms with Crippen LogP contribution in [0.5, 0.6) is 0 Å². The van der Waals surface area contributed by atoms with Crippen molar-refractivity contribution in [2.75, 3.05) is 5.32 Å². The number of thiocarbonyl (C=S) groups is 1. The third-order valence-corrected chi connectivity index (χ3v) is 5.02. The van der Waals surface area contributed by atoms with Gasteiger partial charge in [-0.3, -0.25) is 4.79 Å². The van der Waals surface area contributed by atoms with Crippen molar-refractivity contribution in [2.24, 2.45) is 23.5 Å². The quantitative estimate of drug-likeness (QED) is 0.837. The number of carbonyl (C=O) groups excluding carboxylic acids is 1. The van der Waals surface area contributed by atoms with Gasteiger partial charge in [0, 0.05) is 17.7 Å². The number of nitrogens with one attached hydrogen (secondary N) is 1. The van der Waals surface area contributed by atoms with Crippen molar-refractivity contribution in [1.29, 1.82) is 0 Å². The lowest BCUT2D eigenvalue weighted by Crippen LogP contribution is -2.20. The molecule has 20 heavy (non-hydrogen) atoms. The second-order valence-corrected chi connectivity index (χ2v) is 6.57. The van der Waals surface area contributed by atoms with Gasteiger partial charge in [-0.25, -0.2) is 0 Å². The van der Waals surface area contributed by atoms with Crippen LogP contribution in [0.3, 0.4) is 0 Å². The molecule has 2 saturated carbocycles. The highest BCUT2D eigenvalue weighted by Gasteiger charge is 2.40. The lowest BCUT2D eigenvalue weighted by Gasteiger charge is -2.20. The van der Waals surface area contributed by atoms with Crippen molar-refractivity contribution in [1.82, 2.24) is 0 Å². The third-order valence-electron chi connectivity index (χ3n) is 4.79. The first kappa shape index (κ1) is 13.6. The molecule has 3 N–H and O–H groups in total. The van der Waals surface area contributed by atoms with Gasteiger partial charge in [-0.2, -0.15) is 0 Å². The Labute approximate surface area is 124 Å². The van der Waals surface area contributed by atoms with Gasteiger partial charge in [-0.05, 0) is 61.3 Å². The number of hydrogen-bond acceptors (Lipinski definition) is 2. The molecule has 0 aromatic heterocycles. The van der Waals surface area contributed by atoms with E-state index in [0.29, 0.717) is 17.3 Å². The van der Waals surface area contributed by atoms with Crippen LogP contribution in [0, 0.1) is 17.8 Å². The average Bonchev–Trinajstić information content (AvgIpc) is 3.01. The van der Waals surface area contributed by atoms with E-state index in [2.05, 4.69) is 5.32 Å². The van der Waals surface area contributed by atoms with E-state index in [4.69, 9.17) is 18.0 Å². The number of fused-ring (bicyclic) bond motifs is 2. The topological polar surface area (TPSA) is 55.1 Å². The smallest absolute Gasteiger partial charge is 0.224 e. The first-order chi connectivity index (χ1) is 9.61. The number of benzene rings is 1. The molecule has 1 aromatic carbocycles. The first-order valence-electron chi connectivity index (χ1n) is 7.31. The summed E-state index contributed by atoms with van der Waals surface area (Å²) in [5.41, 5.74) is 7.20. The minimum atomic E-state index is 0.130. The van der Waals surface area contributed by atoms with Crippen molar-refractivity contribution in [3.63, 3.8) is 0 Å². The predicted octanol–water partition coefficient (Wildman–Crippen LogP) is 3.09. The average molecular weight is 288 g/mol. The van der Waals surface area contributed by atoms with Crippen molar-refractivity contribution in [2.45, 2.75) is 32.1 Å². The number of nitrogens with two attached hydrogens (primary N) is 1. The maximum atomic E-state index is 12.1. The zero-order valence-electron chi connectivity index (χ0n) is 11.5. The van der Waals surface area contributed by atoms with Crippen LogP contribution >= 0.6 is 12.2 Å². The van der Waals surface area contributed by atoms with Crippen molar-refractivity contribution in [3.05, 3.63) is 29.8 Å². The van der Waals surface area contributed by atoms with Crippen molar-refractivity contribution < 1.29 is 4.79 Å². The molecule has 0 saturated heterocycles. The summed E-state index contributed by atoms with van der Waals surface area (Å²) in [7, 11) is 0. The Morgan fingerprint density at radius 3 is 2.55 bits per heavy atom. The number of carbonyl (C=O) groups is 1. The number of anilines is 1. The van der Waals surface area contributed by atoms with E-state index in [-0.39, 0.29) is 5.91 Å². The van der Waals surface area contributed by atoms with Gasteiger partial charge >= 0.3 is 0 Å². The van der Waals surface area contributed by atoms with E-state index in [0.717, 1.165) is 23.1 Å². The molecule has 1 aromatic rings. The molecular weight excluding hydrogens is 268 g/mol. The van der Waals surface area contributed by atoms with Crippen LogP contribution in [0.1, 0.15) is 37.7 Å². The summed E-state index contributed by atoms with van der Waals surface area (Å²) in [4.78, 5) is 12.5.